The average molecular weight is 502 g/mol. The fourth-order valence-electron chi connectivity index (χ4n) is 3.07. The van der Waals surface area contributed by atoms with Crippen molar-refractivity contribution < 1.29 is 9.47 Å². The quantitative estimate of drug-likeness (QED) is 0.310. The molecule has 4 nitrogen and oxygen atoms in total. The molecule has 0 unspecified atom stereocenters. The van der Waals surface area contributed by atoms with Crippen LogP contribution < -0.4 is 9.47 Å². The number of nitrogens with zero attached hydrogens (tertiary/aromatic N) is 2. The summed E-state index contributed by atoms with van der Waals surface area (Å²) in [5, 5.41) is 6.92. The number of rotatable bonds is 6. The van der Waals surface area contributed by atoms with E-state index >= 15 is 0 Å². The van der Waals surface area contributed by atoms with Gasteiger partial charge in [0.1, 0.15) is 12.4 Å². The number of hydrogen-bond acceptors (Lipinski definition) is 3. The number of hydrogen-bond donors (Lipinski definition) is 0. The molecule has 0 aliphatic rings. The second kappa shape index (κ2) is 8.37. The van der Waals surface area contributed by atoms with Crippen molar-refractivity contribution in [3.63, 3.8) is 0 Å². The molecule has 0 radical (unpaired) electrons. The number of aromatic nitrogens is 2. The monoisotopic (exact) mass is 500 g/mol. The molecule has 0 bridgehead atoms. The molecule has 28 heavy (non-hydrogen) atoms. The Balaban J connectivity index is 1.50. The third-order valence-corrected chi connectivity index (χ3v) is 5.77. The first-order valence-electron chi connectivity index (χ1n) is 8.83. The molecule has 0 spiro atoms. The van der Waals surface area contributed by atoms with E-state index in [1.165, 1.54) is 0 Å². The second-order valence-electron chi connectivity index (χ2n) is 6.25. The van der Waals surface area contributed by atoms with Gasteiger partial charge in [0.2, 0.25) is 5.88 Å². The van der Waals surface area contributed by atoms with Gasteiger partial charge in [0.05, 0.1) is 23.8 Å². The maximum absolute atomic E-state index is 6.02. The standard InChI is InChI=1S/C22H18Br2N2O2/c1-27-21-14-19(15-5-3-2-4-6-15)25-26(21)11-12-28-20-10-7-16-13-17(23)8-9-18(16)22(20)24/h2-10,13-14H,11-12H2,1H3. The SMILES string of the molecule is COc1cc(-c2ccccc2)nn1CCOc1ccc2cc(Br)ccc2c1Br. The largest absolute Gasteiger partial charge is 0.490 e. The van der Waals surface area contributed by atoms with E-state index in [2.05, 4.69) is 55.2 Å². The normalized spacial score (nSPS) is 11.0. The molecule has 0 saturated heterocycles. The summed E-state index contributed by atoms with van der Waals surface area (Å²) in [6.07, 6.45) is 0. The molecule has 0 amide bonds. The molecule has 4 aromatic rings. The first-order valence-corrected chi connectivity index (χ1v) is 10.4. The zero-order chi connectivity index (χ0) is 19.5. The van der Waals surface area contributed by atoms with E-state index in [1.807, 2.05) is 53.2 Å². The van der Waals surface area contributed by atoms with E-state index < -0.39 is 0 Å². The maximum atomic E-state index is 6.02. The van der Waals surface area contributed by atoms with Crippen LogP contribution in [-0.2, 0) is 6.54 Å². The van der Waals surface area contributed by atoms with E-state index in [1.54, 1.807) is 7.11 Å². The summed E-state index contributed by atoms with van der Waals surface area (Å²) in [4.78, 5) is 0. The van der Waals surface area contributed by atoms with Gasteiger partial charge in [0.15, 0.2) is 0 Å². The Bertz CT molecular complexity index is 1110. The lowest BCUT2D eigenvalue weighted by Crippen LogP contribution is -2.11. The summed E-state index contributed by atoms with van der Waals surface area (Å²) in [6.45, 7) is 1.06. The Labute approximate surface area is 180 Å². The lowest BCUT2D eigenvalue weighted by Gasteiger charge is -2.11. The van der Waals surface area contributed by atoms with Crippen LogP contribution in [0.4, 0.5) is 0 Å². The van der Waals surface area contributed by atoms with Crippen LogP contribution in [0.2, 0.25) is 0 Å². The minimum atomic E-state index is 0.479. The fraction of sp³-hybridized carbons (Fsp3) is 0.136. The van der Waals surface area contributed by atoms with Gasteiger partial charge < -0.3 is 9.47 Å². The highest BCUT2D eigenvalue weighted by Crippen LogP contribution is 2.34. The van der Waals surface area contributed by atoms with Crippen LogP contribution >= 0.6 is 31.9 Å². The molecule has 1 heterocycles. The van der Waals surface area contributed by atoms with Gasteiger partial charge in [-0.05, 0) is 44.9 Å². The Morgan fingerprint density at radius 3 is 2.57 bits per heavy atom. The fourth-order valence-corrected chi connectivity index (χ4v) is 4.06. The van der Waals surface area contributed by atoms with Crippen LogP contribution in [0.15, 0.2) is 75.7 Å². The Morgan fingerprint density at radius 1 is 0.964 bits per heavy atom. The average Bonchev–Trinajstić information content (AvgIpc) is 3.13. The lowest BCUT2D eigenvalue weighted by molar-refractivity contribution is 0.273. The first kappa shape index (κ1) is 19.0. The van der Waals surface area contributed by atoms with E-state index in [9.17, 15) is 0 Å². The summed E-state index contributed by atoms with van der Waals surface area (Å²) in [6, 6.07) is 22.2. The van der Waals surface area contributed by atoms with Gasteiger partial charge in [-0.1, -0.05) is 58.4 Å². The van der Waals surface area contributed by atoms with Crippen molar-refractivity contribution in [2.24, 2.45) is 0 Å². The third kappa shape index (κ3) is 3.93. The number of halogens is 2. The van der Waals surface area contributed by atoms with Crippen molar-refractivity contribution in [1.29, 1.82) is 0 Å². The van der Waals surface area contributed by atoms with Gasteiger partial charge in [0, 0.05) is 16.1 Å². The van der Waals surface area contributed by atoms with Gasteiger partial charge in [-0.2, -0.15) is 5.10 Å². The highest BCUT2D eigenvalue weighted by Gasteiger charge is 2.11. The van der Waals surface area contributed by atoms with Crippen molar-refractivity contribution in [2.75, 3.05) is 13.7 Å². The summed E-state index contributed by atoms with van der Waals surface area (Å²) in [7, 11) is 1.65. The van der Waals surface area contributed by atoms with Gasteiger partial charge >= 0.3 is 0 Å². The minimum Gasteiger partial charge on any atom is -0.490 e. The van der Waals surface area contributed by atoms with Crippen molar-refractivity contribution >= 4 is 42.6 Å². The van der Waals surface area contributed by atoms with E-state index in [-0.39, 0.29) is 0 Å². The summed E-state index contributed by atoms with van der Waals surface area (Å²) in [5.74, 6) is 1.52. The molecule has 6 heteroatoms. The lowest BCUT2D eigenvalue weighted by atomic mass is 10.1. The zero-order valence-electron chi connectivity index (χ0n) is 15.2. The van der Waals surface area contributed by atoms with Crippen LogP contribution in [0.5, 0.6) is 11.6 Å². The molecule has 0 aliphatic heterocycles. The van der Waals surface area contributed by atoms with Crippen LogP contribution in [0.3, 0.4) is 0 Å². The highest BCUT2D eigenvalue weighted by atomic mass is 79.9. The first-order chi connectivity index (χ1) is 13.7. The molecule has 0 saturated carbocycles. The van der Waals surface area contributed by atoms with Crippen LogP contribution in [0, 0.1) is 0 Å². The predicted octanol–water partition coefficient (Wildman–Crippen LogP) is 6.32. The van der Waals surface area contributed by atoms with Crippen molar-refractivity contribution in [3.05, 3.63) is 75.7 Å². The molecule has 4 rings (SSSR count). The van der Waals surface area contributed by atoms with Gasteiger partial charge in [0.25, 0.3) is 0 Å². The zero-order valence-corrected chi connectivity index (χ0v) is 18.4. The summed E-state index contributed by atoms with van der Waals surface area (Å²) >= 11 is 7.18. The van der Waals surface area contributed by atoms with Crippen molar-refractivity contribution in [1.82, 2.24) is 9.78 Å². The highest BCUT2D eigenvalue weighted by molar-refractivity contribution is 9.11. The third-order valence-electron chi connectivity index (χ3n) is 4.46. The molecule has 0 atom stereocenters. The minimum absolute atomic E-state index is 0.479. The van der Waals surface area contributed by atoms with Crippen LogP contribution in [-0.4, -0.2) is 23.5 Å². The summed E-state index contributed by atoms with van der Waals surface area (Å²) in [5.41, 5.74) is 1.94. The smallest absolute Gasteiger partial charge is 0.212 e. The Morgan fingerprint density at radius 2 is 1.79 bits per heavy atom. The molecule has 1 aromatic heterocycles. The number of ether oxygens (including phenoxy) is 2. The van der Waals surface area contributed by atoms with Gasteiger partial charge in [-0.15, -0.1) is 0 Å². The van der Waals surface area contributed by atoms with E-state index in [0.29, 0.717) is 19.0 Å². The topological polar surface area (TPSA) is 36.3 Å². The Hall–Kier alpha value is -2.31. The number of methoxy groups -OCH3 is 1. The predicted molar refractivity (Wildman–Crippen MR) is 119 cm³/mol. The van der Waals surface area contributed by atoms with Crippen molar-refractivity contribution in [3.8, 4) is 22.9 Å². The van der Waals surface area contributed by atoms with Gasteiger partial charge in [-0.25, -0.2) is 4.68 Å². The molecule has 142 valence electrons. The number of fused-ring (bicyclic) bond motifs is 1. The maximum Gasteiger partial charge on any atom is 0.212 e. The Kier molecular flexibility index (Phi) is 5.69. The molecular weight excluding hydrogens is 484 g/mol. The molecule has 0 aliphatic carbocycles. The van der Waals surface area contributed by atoms with Crippen LogP contribution in [0.25, 0.3) is 22.0 Å². The van der Waals surface area contributed by atoms with Crippen LogP contribution in [0.1, 0.15) is 0 Å². The molecule has 3 aromatic carbocycles. The van der Waals surface area contributed by atoms with Crippen molar-refractivity contribution in [2.45, 2.75) is 6.54 Å². The molecule has 0 N–H and O–H groups in total. The second-order valence-corrected chi connectivity index (χ2v) is 7.96. The van der Waals surface area contributed by atoms with E-state index in [4.69, 9.17) is 9.47 Å². The number of benzene rings is 3. The van der Waals surface area contributed by atoms with Gasteiger partial charge in [-0.3, -0.25) is 0 Å². The van der Waals surface area contributed by atoms with E-state index in [0.717, 1.165) is 36.7 Å². The molecular formula is C22H18Br2N2O2. The molecule has 0 fully saturated rings. The summed E-state index contributed by atoms with van der Waals surface area (Å²) < 4.78 is 15.3.